The number of hydrogen-bond donors (Lipinski definition) is 1. The minimum Gasteiger partial charge on any atom is -0.493 e. The average molecular weight is 388 g/mol. The van der Waals surface area contributed by atoms with Crippen molar-refractivity contribution in [1.29, 1.82) is 4.78 Å². The number of piperazine rings is 1. The molecule has 4 rings (SSSR count). The van der Waals surface area contributed by atoms with Crippen LogP contribution >= 0.6 is 0 Å². The highest BCUT2D eigenvalue weighted by molar-refractivity contribution is 7.91. The predicted molar refractivity (Wildman–Crippen MR) is 105 cm³/mol. The largest absolute Gasteiger partial charge is 0.493 e. The normalized spacial score (nSPS) is 20.6. The van der Waals surface area contributed by atoms with Crippen LogP contribution in [0.4, 0.5) is 5.95 Å². The zero-order valence-electron chi connectivity index (χ0n) is 15.7. The molecule has 3 heterocycles. The SMILES string of the molecule is CC(c1ccc2c(c1)OCC2)N1CCN(c2ncc([S@](C)(=N)=O)cn2)CC1. The molecule has 0 aliphatic carbocycles. The van der Waals surface area contributed by atoms with Crippen molar-refractivity contribution in [1.82, 2.24) is 14.9 Å². The van der Waals surface area contributed by atoms with Gasteiger partial charge in [-0.25, -0.2) is 19.0 Å². The molecule has 1 saturated heterocycles. The Morgan fingerprint density at radius 3 is 2.56 bits per heavy atom. The molecule has 8 heteroatoms. The van der Waals surface area contributed by atoms with Gasteiger partial charge in [-0.05, 0) is 24.1 Å². The number of nitrogens with one attached hydrogen (secondary N) is 1. The third-order valence-electron chi connectivity index (χ3n) is 5.41. The number of ether oxygens (including phenoxy) is 1. The molecule has 2 atom stereocenters. The number of hydrogen-bond acceptors (Lipinski definition) is 7. The van der Waals surface area contributed by atoms with Gasteiger partial charge in [0.25, 0.3) is 0 Å². The smallest absolute Gasteiger partial charge is 0.225 e. The van der Waals surface area contributed by atoms with E-state index in [9.17, 15) is 4.21 Å². The predicted octanol–water partition coefficient (Wildman–Crippen LogP) is 2.33. The summed E-state index contributed by atoms with van der Waals surface area (Å²) in [6, 6.07) is 6.93. The number of benzene rings is 1. The maximum atomic E-state index is 11.8. The van der Waals surface area contributed by atoms with Crippen LogP contribution in [0.15, 0.2) is 35.5 Å². The molecule has 27 heavy (non-hydrogen) atoms. The first-order valence-electron chi connectivity index (χ1n) is 9.22. The molecule has 1 N–H and O–H groups in total. The van der Waals surface area contributed by atoms with Crippen LogP contribution in [0.5, 0.6) is 5.75 Å². The van der Waals surface area contributed by atoms with Gasteiger partial charge in [0.15, 0.2) is 0 Å². The van der Waals surface area contributed by atoms with Crippen molar-refractivity contribution >= 4 is 15.7 Å². The first-order chi connectivity index (χ1) is 12.9. The van der Waals surface area contributed by atoms with Crippen molar-refractivity contribution in [2.45, 2.75) is 24.3 Å². The van der Waals surface area contributed by atoms with E-state index >= 15 is 0 Å². The second kappa shape index (κ2) is 7.09. The first-order valence-corrected chi connectivity index (χ1v) is 11.2. The Bertz CT molecular complexity index is 922. The monoisotopic (exact) mass is 387 g/mol. The fourth-order valence-electron chi connectivity index (χ4n) is 3.64. The third kappa shape index (κ3) is 3.77. The van der Waals surface area contributed by atoms with E-state index in [2.05, 4.69) is 44.9 Å². The van der Waals surface area contributed by atoms with Gasteiger partial charge in [0.05, 0.1) is 21.2 Å². The minimum absolute atomic E-state index is 0.332. The van der Waals surface area contributed by atoms with E-state index in [-0.39, 0.29) is 0 Å². The molecule has 0 saturated carbocycles. The molecule has 144 valence electrons. The number of nitrogens with zero attached hydrogens (tertiary/aromatic N) is 4. The number of anilines is 1. The van der Waals surface area contributed by atoms with Crippen LogP contribution in [0.25, 0.3) is 0 Å². The van der Waals surface area contributed by atoms with Crippen LogP contribution in [-0.2, 0) is 16.1 Å². The molecule has 1 aromatic heterocycles. The summed E-state index contributed by atoms with van der Waals surface area (Å²) in [5.74, 6) is 1.68. The first kappa shape index (κ1) is 18.2. The number of aromatic nitrogens is 2. The highest BCUT2D eigenvalue weighted by atomic mass is 32.2. The van der Waals surface area contributed by atoms with E-state index in [1.165, 1.54) is 29.8 Å². The Morgan fingerprint density at radius 1 is 1.19 bits per heavy atom. The van der Waals surface area contributed by atoms with Crippen LogP contribution in [-0.4, -0.2) is 58.1 Å². The summed E-state index contributed by atoms with van der Waals surface area (Å²) in [7, 11) is -2.77. The Morgan fingerprint density at radius 2 is 1.89 bits per heavy atom. The number of rotatable bonds is 4. The van der Waals surface area contributed by atoms with Crippen molar-refractivity contribution in [2.75, 3.05) is 43.9 Å². The van der Waals surface area contributed by atoms with Crippen molar-refractivity contribution < 1.29 is 8.95 Å². The number of fused-ring (bicyclic) bond motifs is 1. The lowest BCUT2D eigenvalue weighted by Crippen LogP contribution is -2.47. The lowest BCUT2D eigenvalue weighted by Gasteiger charge is -2.38. The third-order valence-corrected chi connectivity index (χ3v) is 6.52. The Hall–Kier alpha value is -2.19. The molecule has 1 aromatic carbocycles. The molecule has 0 bridgehead atoms. The van der Waals surface area contributed by atoms with E-state index < -0.39 is 9.73 Å². The summed E-state index contributed by atoms with van der Waals surface area (Å²) in [5, 5.41) is 0. The van der Waals surface area contributed by atoms with E-state index in [0.717, 1.165) is 45.0 Å². The van der Waals surface area contributed by atoms with Crippen LogP contribution in [0, 0.1) is 4.78 Å². The molecule has 1 unspecified atom stereocenters. The summed E-state index contributed by atoms with van der Waals surface area (Å²) in [4.78, 5) is 13.6. The average Bonchev–Trinajstić information content (AvgIpc) is 3.15. The van der Waals surface area contributed by atoms with E-state index in [0.29, 0.717) is 16.9 Å². The molecule has 7 nitrogen and oxygen atoms in total. The van der Waals surface area contributed by atoms with E-state index in [4.69, 9.17) is 9.52 Å². The molecular weight excluding hydrogens is 362 g/mol. The summed E-state index contributed by atoms with van der Waals surface area (Å²) < 4.78 is 25.1. The van der Waals surface area contributed by atoms with Crippen LogP contribution in [0.3, 0.4) is 0 Å². The van der Waals surface area contributed by atoms with Gasteiger partial charge in [0.2, 0.25) is 5.95 Å². The summed E-state index contributed by atoms with van der Waals surface area (Å²) in [6.07, 6.45) is 5.42. The Labute approximate surface area is 160 Å². The summed E-state index contributed by atoms with van der Waals surface area (Å²) >= 11 is 0. The second-order valence-electron chi connectivity index (χ2n) is 7.23. The second-order valence-corrected chi connectivity index (χ2v) is 9.39. The van der Waals surface area contributed by atoms with Gasteiger partial charge in [-0.3, -0.25) is 4.90 Å². The zero-order chi connectivity index (χ0) is 19.0. The Balaban J connectivity index is 1.40. The molecule has 2 aromatic rings. The quantitative estimate of drug-likeness (QED) is 0.867. The van der Waals surface area contributed by atoms with Crippen molar-refractivity contribution in [3.05, 3.63) is 41.7 Å². The highest BCUT2D eigenvalue weighted by Gasteiger charge is 2.24. The molecule has 0 radical (unpaired) electrons. The van der Waals surface area contributed by atoms with Crippen molar-refractivity contribution in [3.63, 3.8) is 0 Å². The van der Waals surface area contributed by atoms with Gasteiger partial charge >= 0.3 is 0 Å². The fraction of sp³-hybridized carbons (Fsp3) is 0.474. The molecule has 0 amide bonds. The van der Waals surface area contributed by atoms with Crippen molar-refractivity contribution in [3.8, 4) is 5.75 Å². The van der Waals surface area contributed by atoms with Gasteiger partial charge in [-0.1, -0.05) is 12.1 Å². The summed E-state index contributed by atoms with van der Waals surface area (Å²) in [6.45, 7) is 6.56. The maximum Gasteiger partial charge on any atom is 0.225 e. The van der Waals surface area contributed by atoms with Crippen LogP contribution < -0.4 is 9.64 Å². The van der Waals surface area contributed by atoms with E-state index in [1.54, 1.807) is 0 Å². The summed E-state index contributed by atoms with van der Waals surface area (Å²) in [5.41, 5.74) is 2.60. The Kier molecular flexibility index (Phi) is 4.77. The van der Waals surface area contributed by atoms with Crippen LogP contribution in [0.2, 0.25) is 0 Å². The lowest BCUT2D eigenvalue weighted by atomic mass is 10.0. The van der Waals surface area contributed by atoms with Gasteiger partial charge < -0.3 is 9.64 Å². The zero-order valence-corrected chi connectivity index (χ0v) is 16.5. The molecular formula is C19H25N5O2S. The van der Waals surface area contributed by atoms with Gasteiger partial charge in [-0.15, -0.1) is 0 Å². The molecule has 2 aliphatic heterocycles. The fourth-order valence-corrected chi connectivity index (χ4v) is 4.14. The van der Waals surface area contributed by atoms with E-state index in [1.807, 2.05) is 0 Å². The lowest BCUT2D eigenvalue weighted by molar-refractivity contribution is 0.197. The highest BCUT2D eigenvalue weighted by Crippen LogP contribution is 2.31. The molecule has 0 spiro atoms. The standard InChI is InChI=1S/C19H25N5O2S/c1-14(16-4-3-15-5-10-26-18(15)11-16)23-6-8-24(9-7-23)19-21-12-17(13-22-19)27(2,20)25/h3-4,11-14,20H,5-10H2,1-2H3/t14?,27-/m1/s1. The van der Waals surface area contributed by atoms with Gasteiger partial charge in [0, 0.05) is 57.3 Å². The molecule has 1 fully saturated rings. The maximum absolute atomic E-state index is 11.8. The van der Waals surface area contributed by atoms with Gasteiger partial charge in [0.1, 0.15) is 5.75 Å². The molecule has 2 aliphatic rings. The van der Waals surface area contributed by atoms with Gasteiger partial charge in [-0.2, -0.15) is 0 Å². The minimum atomic E-state index is -2.77. The van der Waals surface area contributed by atoms with Crippen LogP contribution in [0.1, 0.15) is 24.1 Å². The topological polar surface area (TPSA) is 82.4 Å². The van der Waals surface area contributed by atoms with Crippen molar-refractivity contribution in [2.24, 2.45) is 0 Å².